The fourth-order valence-electron chi connectivity index (χ4n) is 6.20. The molecule has 4 heterocycles. The Bertz CT molecular complexity index is 1750. The van der Waals surface area contributed by atoms with Gasteiger partial charge in [-0.15, -0.1) is 11.3 Å². The van der Waals surface area contributed by atoms with Gasteiger partial charge in [-0.2, -0.15) is 0 Å². The lowest BCUT2D eigenvalue weighted by molar-refractivity contribution is 0.0992. The number of para-hydroxylation sites is 1. The van der Waals surface area contributed by atoms with Gasteiger partial charge in [0.2, 0.25) is 5.95 Å². The van der Waals surface area contributed by atoms with Crippen LogP contribution in [0.5, 0.6) is 0 Å². The fraction of sp³-hybridized carbons (Fsp3) is 0.344. The summed E-state index contributed by atoms with van der Waals surface area (Å²) in [6.07, 6.45) is 9.73. The highest BCUT2D eigenvalue weighted by Gasteiger charge is 2.25. The van der Waals surface area contributed by atoms with Crippen LogP contribution in [0.4, 0.5) is 5.95 Å². The number of aromatic amines is 1. The number of thiazole rings is 1. The Morgan fingerprint density at radius 2 is 1.88 bits per heavy atom. The van der Waals surface area contributed by atoms with Gasteiger partial charge in [0.1, 0.15) is 16.2 Å². The highest BCUT2D eigenvalue weighted by Crippen LogP contribution is 2.30. The van der Waals surface area contributed by atoms with Crippen LogP contribution in [0.25, 0.3) is 21.8 Å². The number of rotatable bonds is 7. The molecule has 2 N–H and O–H groups in total. The number of carbonyl (C=O) groups excluding carboxylic acids is 2. The number of hydrogen-bond donors (Lipinski definition) is 2. The van der Waals surface area contributed by atoms with Crippen molar-refractivity contribution in [1.29, 1.82) is 0 Å². The number of benzene rings is 2. The average Bonchev–Trinajstić information content (AvgIpc) is 3.59. The lowest BCUT2D eigenvalue weighted by atomic mass is 9.88. The zero-order valence-corrected chi connectivity index (χ0v) is 23.7. The minimum Gasteiger partial charge on any atom is -0.324 e. The SMILES string of the molecule is O=C(Nc1nc2c(C(=O)Cc3nc4c(s3)CN(CC3CCCCC3)CC4)cccc2[nH]1)c1cc2ccccc2cn1. The second-order valence-corrected chi connectivity index (χ2v) is 12.4. The molecule has 0 unspecified atom stereocenters. The monoisotopic (exact) mass is 564 g/mol. The maximum absolute atomic E-state index is 13.5. The highest BCUT2D eigenvalue weighted by molar-refractivity contribution is 7.11. The van der Waals surface area contributed by atoms with Crippen molar-refractivity contribution in [2.24, 2.45) is 5.92 Å². The number of hydrogen-bond acceptors (Lipinski definition) is 7. The number of nitrogens with zero attached hydrogens (tertiary/aromatic N) is 4. The molecule has 1 amide bonds. The standard InChI is InChI=1S/C32H32N6O2S/c39-27(16-29-34-24-13-14-38(19-28(24)41-29)18-20-7-2-1-3-8-20)23-11-6-12-25-30(23)36-32(35-25)37-31(40)26-15-21-9-4-5-10-22(21)17-33-26/h4-6,9-12,15,17,20H,1-3,7-8,13-14,16,18-19H2,(H2,35,36,37,40). The van der Waals surface area contributed by atoms with Gasteiger partial charge in [0.05, 0.1) is 17.6 Å². The van der Waals surface area contributed by atoms with E-state index in [1.807, 2.05) is 36.4 Å². The van der Waals surface area contributed by atoms with Gasteiger partial charge in [0, 0.05) is 48.1 Å². The molecule has 1 fully saturated rings. The summed E-state index contributed by atoms with van der Waals surface area (Å²) in [6.45, 7) is 3.18. The molecule has 1 aliphatic carbocycles. The number of amides is 1. The number of nitrogens with one attached hydrogen (secondary N) is 2. The molecule has 3 aromatic heterocycles. The summed E-state index contributed by atoms with van der Waals surface area (Å²) in [7, 11) is 0. The molecule has 9 heteroatoms. The van der Waals surface area contributed by atoms with Gasteiger partial charge in [-0.3, -0.25) is 24.8 Å². The molecule has 0 spiro atoms. The largest absolute Gasteiger partial charge is 0.324 e. The third-order valence-corrected chi connectivity index (χ3v) is 9.40. The van der Waals surface area contributed by atoms with Crippen molar-refractivity contribution in [2.75, 3.05) is 18.4 Å². The summed E-state index contributed by atoms with van der Waals surface area (Å²) in [6, 6.07) is 15.0. The molecule has 8 nitrogen and oxygen atoms in total. The summed E-state index contributed by atoms with van der Waals surface area (Å²) in [5.41, 5.74) is 3.21. The Morgan fingerprint density at radius 1 is 1.02 bits per heavy atom. The van der Waals surface area contributed by atoms with Gasteiger partial charge in [-0.1, -0.05) is 49.6 Å². The zero-order valence-electron chi connectivity index (χ0n) is 22.9. The smallest absolute Gasteiger partial charge is 0.276 e. The number of aromatic nitrogens is 4. The van der Waals surface area contributed by atoms with Crippen LogP contribution in [0.15, 0.2) is 54.7 Å². The van der Waals surface area contributed by atoms with Gasteiger partial charge < -0.3 is 4.98 Å². The molecule has 0 atom stereocenters. The number of ketones is 1. The summed E-state index contributed by atoms with van der Waals surface area (Å²) >= 11 is 1.68. The van der Waals surface area contributed by atoms with Crippen LogP contribution in [-0.4, -0.2) is 49.6 Å². The normalized spacial score (nSPS) is 16.2. The van der Waals surface area contributed by atoms with E-state index in [2.05, 4.69) is 25.2 Å². The molecule has 0 bridgehead atoms. The molecule has 41 heavy (non-hydrogen) atoms. The summed E-state index contributed by atoms with van der Waals surface area (Å²) < 4.78 is 0. The number of fused-ring (bicyclic) bond motifs is 3. The van der Waals surface area contributed by atoms with E-state index in [0.717, 1.165) is 46.9 Å². The van der Waals surface area contributed by atoms with Crippen molar-refractivity contribution in [3.63, 3.8) is 0 Å². The first-order valence-corrected chi connectivity index (χ1v) is 15.3. The first-order valence-electron chi connectivity index (χ1n) is 14.5. The Balaban J connectivity index is 1.04. The maximum Gasteiger partial charge on any atom is 0.276 e. The van der Waals surface area contributed by atoms with E-state index in [0.29, 0.717) is 22.3 Å². The summed E-state index contributed by atoms with van der Waals surface area (Å²) in [4.78, 5) is 47.1. The van der Waals surface area contributed by atoms with Crippen molar-refractivity contribution >= 4 is 50.8 Å². The number of imidazole rings is 1. The zero-order chi connectivity index (χ0) is 27.8. The van der Waals surface area contributed by atoms with E-state index in [9.17, 15) is 9.59 Å². The second kappa shape index (κ2) is 11.1. The van der Waals surface area contributed by atoms with E-state index in [4.69, 9.17) is 4.98 Å². The van der Waals surface area contributed by atoms with E-state index in [-0.39, 0.29) is 24.1 Å². The van der Waals surface area contributed by atoms with Gasteiger partial charge in [0.25, 0.3) is 5.91 Å². The van der Waals surface area contributed by atoms with E-state index in [1.165, 1.54) is 43.5 Å². The van der Waals surface area contributed by atoms with Crippen LogP contribution in [-0.2, 0) is 19.4 Å². The Kier molecular flexibility index (Phi) is 7.06. The third kappa shape index (κ3) is 5.52. The fourth-order valence-corrected chi connectivity index (χ4v) is 7.35. The minimum absolute atomic E-state index is 0.0265. The number of carbonyl (C=O) groups is 2. The van der Waals surface area contributed by atoms with Crippen molar-refractivity contribution in [1.82, 2.24) is 24.8 Å². The van der Waals surface area contributed by atoms with Crippen LogP contribution in [0, 0.1) is 5.92 Å². The van der Waals surface area contributed by atoms with E-state index >= 15 is 0 Å². The molecular weight excluding hydrogens is 532 g/mol. The van der Waals surface area contributed by atoms with Crippen LogP contribution < -0.4 is 5.32 Å². The van der Waals surface area contributed by atoms with Crippen LogP contribution in [0.3, 0.4) is 0 Å². The predicted octanol–water partition coefficient (Wildman–Crippen LogP) is 6.18. The second-order valence-electron chi connectivity index (χ2n) is 11.2. The predicted molar refractivity (Wildman–Crippen MR) is 161 cm³/mol. The van der Waals surface area contributed by atoms with Crippen molar-refractivity contribution in [3.05, 3.63) is 81.6 Å². The molecule has 1 saturated carbocycles. The first-order chi connectivity index (χ1) is 20.1. The van der Waals surface area contributed by atoms with Gasteiger partial charge in [-0.05, 0) is 42.3 Å². The van der Waals surface area contributed by atoms with Crippen molar-refractivity contribution < 1.29 is 9.59 Å². The van der Waals surface area contributed by atoms with Crippen molar-refractivity contribution in [3.8, 4) is 0 Å². The Morgan fingerprint density at radius 3 is 2.76 bits per heavy atom. The maximum atomic E-state index is 13.5. The van der Waals surface area contributed by atoms with Gasteiger partial charge >= 0.3 is 0 Å². The Hall–Kier alpha value is -3.95. The molecule has 0 radical (unpaired) electrons. The molecule has 7 rings (SSSR count). The number of H-pyrrole nitrogens is 1. The number of pyridine rings is 1. The summed E-state index contributed by atoms with van der Waals surface area (Å²) in [5.74, 6) is 0.713. The molecule has 2 aliphatic rings. The average molecular weight is 565 g/mol. The third-order valence-electron chi connectivity index (χ3n) is 8.32. The quantitative estimate of drug-likeness (QED) is 0.229. The van der Waals surface area contributed by atoms with Crippen LogP contribution >= 0.6 is 11.3 Å². The van der Waals surface area contributed by atoms with Gasteiger partial charge in [-0.25, -0.2) is 9.97 Å². The van der Waals surface area contributed by atoms with Crippen molar-refractivity contribution in [2.45, 2.75) is 51.5 Å². The molecule has 2 aromatic carbocycles. The molecule has 5 aromatic rings. The summed E-state index contributed by atoms with van der Waals surface area (Å²) in [5, 5.41) is 5.57. The Labute approximate surface area is 242 Å². The topological polar surface area (TPSA) is 104 Å². The van der Waals surface area contributed by atoms with E-state index < -0.39 is 0 Å². The molecular formula is C32H32N6O2S. The number of anilines is 1. The molecule has 0 saturated heterocycles. The van der Waals surface area contributed by atoms with Crippen LogP contribution in [0.1, 0.15) is 68.5 Å². The molecule has 208 valence electrons. The lowest BCUT2D eigenvalue weighted by Gasteiger charge is -2.31. The minimum atomic E-state index is -0.367. The van der Waals surface area contributed by atoms with Crippen LogP contribution in [0.2, 0.25) is 0 Å². The highest BCUT2D eigenvalue weighted by atomic mass is 32.1. The first kappa shape index (κ1) is 26.0. The van der Waals surface area contributed by atoms with Gasteiger partial charge in [0.15, 0.2) is 5.78 Å². The molecule has 1 aliphatic heterocycles. The lowest BCUT2D eigenvalue weighted by Crippen LogP contribution is -2.34. The number of Topliss-reactive ketones (excluding diaryl/α,β-unsaturated/α-hetero) is 1. The van der Waals surface area contributed by atoms with E-state index in [1.54, 1.807) is 29.7 Å².